The number of hydrogen-bond acceptors (Lipinski definition) is 4. The minimum atomic E-state index is -0.0697. The maximum Gasteiger partial charge on any atom is 0.0707 e. The Kier molecular flexibility index (Phi) is 7.62. The summed E-state index contributed by atoms with van der Waals surface area (Å²) in [5, 5.41) is 0. The molecule has 1 fully saturated rings. The Labute approximate surface area is 131 Å². The Morgan fingerprint density at radius 2 is 1.33 bits per heavy atom. The van der Waals surface area contributed by atoms with Gasteiger partial charge in [0.1, 0.15) is 0 Å². The largest absolute Gasteiger partial charge is 0.376 e. The molecule has 0 aromatic heterocycles. The fraction of sp³-hybridized carbons (Fsp3) is 1.00. The summed E-state index contributed by atoms with van der Waals surface area (Å²) in [6, 6.07) is 0. The molecule has 0 atom stereocenters. The molecule has 1 aliphatic rings. The van der Waals surface area contributed by atoms with E-state index in [1.165, 1.54) is 0 Å². The third-order valence-electron chi connectivity index (χ3n) is 3.45. The number of rotatable bonds is 7. The summed E-state index contributed by atoms with van der Waals surface area (Å²) >= 11 is 0. The van der Waals surface area contributed by atoms with E-state index in [0.717, 1.165) is 39.1 Å². The van der Waals surface area contributed by atoms with Crippen molar-refractivity contribution in [3.8, 4) is 0 Å². The van der Waals surface area contributed by atoms with Crippen LogP contribution in [0.1, 0.15) is 54.4 Å². The molecule has 0 aromatic carbocycles. The molecule has 0 spiro atoms. The van der Waals surface area contributed by atoms with Gasteiger partial charge >= 0.3 is 0 Å². The molecule has 0 N–H and O–H groups in total. The average molecular weight is 301 g/mol. The quantitative estimate of drug-likeness (QED) is 0.676. The number of ether oxygens (including phenoxy) is 3. The lowest BCUT2D eigenvalue weighted by molar-refractivity contribution is -0.0655. The van der Waals surface area contributed by atoms with Crippen molar-refractivity contribution in [2.24, 2.45) is 0 Å². The molecule has 0 bridgehead atoms. The van der Waals surface area contributed by atoms with Gasteiger partial charge in [-0.2, -0.15) is 0 Å². The second-order valence-corrected chi connectivity index (χ2v) is 7.83. The van der Waals surface area contributed by atoms with Crippen molar-refractivity contribution in [3.63, 3.8) is 0 Å². The second kappa shape index (κ2) is 8.47. The molecular weight excluding hydrogens is 266 g/mol. The van der Waals surface area contributed by atoms with Crippen molar-refractivity contribution in [2.45, 2.75) is 71.7 Å². The first-order chi connectivity index (χ1) is 9.66. The van der Waals surface area contributed by atoms with Crippen LogP contribution in [0, 0.1) is 0 Å². The van der Waals surface area contributed by atoms with E-state index in [1.807, 2.05) is 0 Å². The van der Waals surface area contributed by atoms with Crippen LogP contribution in [-0.2, 0) is 14.2 Å². The smallest absolute Gasteiger partial charge is 0.0707 e. The van der Waals surface area contributed by atoms with E-state index in [4.69, 9.17) is 14.2 Å². The number of hydrogen-bond donors (Lipinski definition) is 0. The van der Waals surface area contributed by atoms with E-state index >= 15 is 0 Å². The van der Waals surface area contributed by atoms with Crippen molar-refractivity contribution in [1.29, 1.82) is 0 Å². The summed E-state index contributed by atoms with van der Waals surface area (Å²) < 4.78 is 17.4. The third kappa shape index (κ3) is 10.2. The minimum Gasteiger partial charge on any atom is -0.376 e. The van der Waals surface area contributed by atoms with E-state index in [2.05, 4.69) is 46.4 Å². The fourth-order valence-corrected chi connectivity index (χ4v) is 2.34. The van der Waals surface area contributed by atoms with Gasteiger partial charge in [0.05, 0.1) is 37.1 Å². The second-order valence-electron chi connectivity index (χ2n) is 7.83. The van der Waals surface area contributed by atoms with Crippen LogP contribution in [0.4, 0.5) is 0 Å². The SMILES string of the molecule is CC(C)(C)OCCOC1CCN(CCOC(C)(C)C)CC1. The highest BCUT2D eigenvalue weighted by atomic mass is 16.5. The Morgan fingerprint density at radius 1 is 0.810 bits per heavy atom. The number of nitrogens with zero attached hydrogens (tertiary/aromatic N) is 1. The van der Waals surface area contributed by atoms with E-state index < -0.39 is 0 Å². The molecule has 0 aromatic rings. The molecule has 4 nitrogen and oxygen atoms in total. The third-order valence-corrected chi connectivity index (χ3v) is 3.45. The van der Waals surface area contributed by atoms with Crippen LogP contribution in [0.25, 0.3) is 0 Å². The van der Waals surface area contributed by atoms with Crippen LogP contribution < -0.4 is 0 Å². The molecule has 4 heteroatoms. The first-order valence-corrected chi connectivity index (χ1v) is 8.28. The first kappa shape index (κ1) is 18.9. The van der Waals surface area contributed by atoms with Gasteiger partial charge < -0.3 is 19.1 Å². The van der Waals surface area contributed by atoms with Crippen molar-refractivity contribution in [2.75, 3.05) is 39.5 Å². The van der Waals surface area contributed by atoms with Crippen molar-refractivity contribution >= 4 is 0 Å². The normalized spacial score (nSPS) is 19.1. The van der Waals surface area contributed by atoms with Gasteiger partial charge in [0.25, 0.3) is 0 Å². The zero-order valence-electron chi connectivity index (χ0n) is 14.9. The van der Waals surface area contributed by atoms with Gasteiger partial charge in [-0.05, 0) is 54.4 Å². The predicted molar refractivity (Wildman–Crippen MR) is 86.8 cm³/mol. The molecular formula is C17H35NO3. The lowest BCUT2D eigenvalue weighted by atomic mass is 10.1. The lowest BCUT2D eigenvalue weighted by Gasteiger charge is -2.32. The molecule has 0 unspecified atom stereocenters. The van der Waals surface area contributed by atoms with Gasteiger partial charge in [-0.25, -0.2) is 0 Å². The van der Waals surface area contributed by atoms with Gasteiger partial charge in [0, 0.05) is 19.6 Å². The first-order valence-electron chi connectivity index (χ1n) is 8.28. The highest BCUT2D eigenvalue weighted by Crippen LogP contribution is 2.15. The fourth-order valence-electron chi connectivity index (χ4n) is 2.34. The van der Waals surface area contributed by atoms with E-state index in [-0.39, 0.29) is 11.2 Å². The summed E-state index contributed by atoms with van der Waals surface area (Å²) in [7, 11) is 0. The maximum absolute atomic E-state index is 5.90. The monoisotopic (exact) mass is 301 g/mol. The summed E-state index contributed by atoms with van der Waals surface area (Å²) in [4.78, 5) is 2.47. The Hall–Kier alpha value is -0.160. The van der Waals surface area contributed by atoms with Crippen LogP contribution in [0.3, 0.4) is 0 Å². The van der Waals surface area contributed by atoms with Crippen LogP contribution in [0.2, 0.25) is 0 Å². The van der Waals surface area contributed by atoms with Gasteiger partial charge in [-0.1, -0.05) is 0 Å². The molecule has 0 amide bonds. The van der Waals surface area contributed by atoms with E-state index in [1.54, 1.807) is 0 Å². The molecule has 1 saturated heterocycles. The van der Waals surface area contributed by atoms with Gasteiger partial charge in [0.2, 0.25) is 0 Å². The molecule has 0 radical (unpaired) electrons. The van der Waals surface area contributed by atoms with Crippen LogP contribution >= 0.6 is 0 Å². The summed E-state index contributed by atoms with van der Waals surface area (Å²) in [5.41, 5.74) is -0.103. The van der Waals surface area contributed by atoms with E-state index in [0.29, 0.717) is 19.3 Å². The summed E-state index contributed by atoms with van der Waals surface area (Å²) in [5.74, 6) is 0. The Bertz CT molecular complexity index is 273. The molecule has 126 valence electrons. The van der Waals surface area contributed by atoms with Crippen molar-refractivity contribution in [3.05, 3.63) is 0 Å². The van der Waals surface area contributed by atoms with Crippen LogP contribution in [0.15, 0.2) is 0 Å². The Morgan fingerprint density at radius 3 is 1.86 bits per heavy atom. The highest BCUT2D eigenvalue weighted by molar-refractivity contribution is 4.73. The van der Waals surface area contributed by atoms with Gasteiger partial charge in [-0.3, -0.25) is 0 Å². The number of likely N-dealkylation sites (tertiary alicyclic amines) is 1. The van der Waals surface area contributed by atoms with Gasteiger partial charge in [-0.15, -0.1) is 0 Å². The highest BCUT2D eigenvalue weighted by Gasteiger charge is 2.20. The summed E-state index contributed by atoms with van der Waals surface area (Å²) in [6.45, 7) is 18.0. The molecule has 1 rings (SSSR count). The molecule has 1 heterocycles. The predicted octanol–water partition coefficient (Wildman–Crippen LogP) is 3.10. The minimum absolute atomic E-state index is 0.0332. The molecule has 1 aliphatic heterocycles. The Balaban J connectivity index is 2.04. The van der Waals surface area contributed by atoms with Crippen LogP contribution in [-0.4, -0.2) is 61.7 Å². The molecule has 0 aliphatic carbocycles. The average Bonchev–Trinajstić information content (AvgIpc) is 2.34. The number of piperidine rings is 1. The topological polar surface area (TPSA) is 30.9 Å². The zero-order chi connectivity index (χ0) is 15.9. The van der Waals surface area contributed by atoms with Crippen LogP contribution in [0.5, 0.6) is 0 Å². The van der Waals surface area contributed by atoms with Crippen molar-refractivity contribution in [1.82, 2.24) is 4.90 Å². The zero-order valence-corrected chi connectivity index (χ0v) is 14.9. The lowest BCUT2D eigenvalue weighted by Crippen LogP contribution is -2.40. The molecule has 0 saturated carbocycles. The maximum atomic E-state index is 5.90. The summed E-state index contributed by atoms with van der Waals surface area (Å²) in [6.07, 6.45) is 2.63. The van der Waals surface area contributed by atoms with E-state index in [9.17, 15) is 0 Å². The molecule has 21 heavy (non-hydrogen) atoms. The standard InChI is InChI=1S/C17H35NO3/c1-16(2,3)20-12-11-18-9-7-15(8-10-18)19-13-14-21-17(4,5)6/h15H,7-14H2,1-6H3. The van der Waals surface area contributed by atoms with Crippen molar-refractivity contribution < 1.29 is 14.2 Å². The van der Waals surface area contributed by atoms with Gasteiger partial charge in [0.15, 0.2) is 0 Å².